The molecule has 26 heavy (non-hydrogen) atoms. The van der Waals surface area contributed by atoms with Crippen molar-refractivity contribution >= 4 is 5.97 Å². The average molecular weight is 360 g/mol. The lowest BCUT2D eigenvalue weighted by molar-refractivity contribution is -0.167. The monoisotopic (exact) mass is 360 g/mol. The Morgan fingerprint density at radius 2 is 1.88 bits per heavy atom. The van der Waals surface area contributed by atoms with E-state index in [0.29, 0.717) is 6.42 Å². The summed E-state index contributed by atoms with van der Waals surface area (Å²) in [7, 11) is 0. The normalized spacial score (nSPS) is 13.1. The third-order valence-electron chi connectivity index (χ3n) is 4.18. The van der Waals surface area contributed by atoms with E-state index in [9.17, 15) is 14.3 Å². The molecule has 0 fully saturated rings. The number of carbonyl (C=O) groups excluding carboxylic acids is 1. The summed E-state index contributed by atoms with van der Waals surface area (Å²) in [5.41, 5.74) is -0.839. The highest BCUT2D eigenvalue weighted by Crippen LogP contribution is 2.31. The van der Waals surface area contributed by atoms with Crippen LogP contribution >= 0.6 is 0 Å². The van der Waals surface area contributed by atoms with Crippen LogP contribution in [0.5, 0.6) is 5.75 Å². The van der Waals surface area contributed by atoms with Crippen LogP contribution in [-0.2, 0) is 21.7 Å². The predicted molar refractivity (Wildman–Crippen MR) is 97.2 cm³/mol. The van der Waals surface area contributed by atoms with Crippen LogP contribution in [0.1, 0.15) is 44.2 Å². The van der Waals surface area contributed by atoms with E-state index in [1.165, 1.54) is 12.1 Å². The molecule has 0 aliphatic rings. The molecule has 0 amide bonds. The SMILES string of the molecule is CCCCOC(=O)C(O)(CC)c1cc(F)cc(OCc2ccccc2)c1. The number of unbranched alkanes of at least 4 members (excludes halogenated alkanes) is 1. The number of hydrogen-bond acceptors (Lipinski definition) is 4. The van der Waals surface area contributed by atoms with Crippen LogP contribution in [0.25, 0.3) is 0 Å². The summed E-state index contributed by atoms with van der Waals surface area (Å²) in [5, 5.41) is 10.8. The first-order chi connectivity index (χ1) is 12.5. The summed E-state index contributed by atoms with van der Waals surface area (Å²) >= 11 is 0. The zero-order valence-electron chi connectivity index (χ0n) is 15.2. The Balaban J connectivity index is 2.18. The first-order valence-corrected chi connectivity index (χ1v) is 8.87. The molecule has 1 atom stereocenters. The van der Waals surface area contributed by atoms with Gasteiger partial charge in [-0.05, 0) is 30.5 Å². The molecular weight excluding hydrogens is 335 g/mol. The molecule has 1 unspecified atom stereocenters. The Kier molecular flexibility index (Phi) is 7.16. The van der Waals surface area contributed by atoms with Crippen LogP contribution < -0.4 is 4.74 Å². The number of aliphatic hydroxyl groups is 1. The number of rotatable bonds is 9. The summed E-state index contributed by atoms with van der Waals surface area (Å²) in [6, 6.07) is 13.3. The molecule has 0 heterocycles. The lowest BCUT2D eigenvalue weighted by Gasteiger charge is -2.25. The largest absolute Gasteiger partial charge is 0.489 e. The van der Waals surface area contributed by atoms with Gasteiger partial charge in [-0.15, -0.1) is 0 Å². The molecular formula is C21H25FO4. The van der Waals surface area contributed by atoms with Crippen molar-refractivity contribution in [2.45, 2.75) is 45.3 Å². The second-order valence-corrected chi connectivity index (χ2v) is 6.15. The third kappa shape index (κ3) is 5.05. The lowest BCUT2D eigenvalue weighted by atomic mass is 9.91. The summed E-state index contributed by atoms with van der Waals surface area (Å²) in [5.74, 6) is -1.11. The number of hydrogen-bond donors (Lipinski definition) is 1. The Bertz CT molecular complexity index is 717. The van der Waals surface area contributed by atoms with Gasteiger partial charge in [0.1, 0.15) is 18.2 Å². The smallest absolute Gasteiger partial charge is 0.342 e. The summed E-state index contributed by atoms with van der Waals surface area (Å²) in [4.78, 5) is 12.3. The molecule has 1 N–H and O–H groups in total. The highest BCUT2D eigenvalue weighted by molar-refractivity contribution is 5.81. The lowest BCUT2D eigenvalue weighted by Crippen LogP contribution is -2.37. The molecule has 0 bridgehead atoms. The van der Waals surface area contributed by atoms with Gasteiger partial charge in [0.25, 0.3) is 0 Å². The van der Waals surface area contributed by atoms with Crippen LogP contribution in [0.4, 0.5) is 4.39 Å². The molecule has 2 rings (SSSR count). The van der Waals surface area contributed by atoms with Crippen molar-refractivity contribution < 1.29 is 23.8 Å². The molecule has 4 nitrogen and oxygen atoms in total. The van der Waals surface area contributed by atoms with Gasteiger partial charge in [0.2, 0.25) is 0 Å². The van der Waals surface area contributed by atoms with Crippen molar-refractivity contribution in [2.24, 2.45) is 0 Å². The minimum Gasteiger partial charge on any atom is -0.489 e. The topological polar surface area (TPSA) is 55.8 Å². The maximum Gasteiger partial charge on any atom is 0.342 e. The summed E-state index contributed by atoms with van der Waals surface area (Å²) < 4.78 is 24.8. The van der Waals surface area contributed by atoms with Gasteiger partial charge in [-0.2, -0.15) is 0 Å². The maximum absolute atomic E-state index is 14.0. The predicted octanol–water partition coefficient (Wildman–Crippen LogP) is 4.35. The maximum atomic E-state index is 14.0. The second kappa shape index (κ2) is 9.34. The van der Waals surface area contributed by atoms with Crippen LogP contribution in [0, 0.1) is 5.82 Å². The third-order valence-corrected chi connectivity index (χ3v) is 4.18. The number of ether oxygens (including phenoxy) is 2. The Morgan fingerprint density at radius 3 is 2.54 bits per heavy atom. The molecule has 0 aliphatic carbocycles. The zero-order chi connectivity index (χ0) is 19.0. The van der Waals surface area contributed by atoms with Gasteiger partial charge in [-0.3, -0.25) is 0 Å². The molecule has 0 spiro atoms. The van der Waals surface area contributed by atoms with E-state index in [-0.39, 0.29) is 30.9 Å². The molecule has 0 aliphatic heterocycles. The molecule has 2 aromatic rings. The number of benzene rings is 2. The molecule has 0 saturated carbocycles. The number of esters is 1. The highest BCUT2D eigenvalue weighted by atomic mass is 19.1. The van der Waals surface area contributed by atoms with E-state index >= 15 is 0 Å². The average Bonchev–Trinajstić information content (AvgIpc) is 2.66. The van der Waals surface area contributed by atoms with E-state index in [1.54, 1.807) is 6.92 Å². The van der Waals surface area contributed by atoms with Gasteiger partial charge in [0.05, 0.1) is 6.61 Å². The Hall–Kier alpha value is -2.40. The Morgan fingerprint density at radius 1 is 1.15 bits per heavy atom. The van der Waals surface area contributed by atoms with Crippen LogP contribution in [0.15, 0.2) is 48.5 Å². The van der Waals surface area contributed by atoms with Crippen LogP contribution in [0.3, 0.4) is 0 Å². The van der Waals surface area contributed by atoms with E-state index in [1.807, 2.05) is 37.3 Å². The highest BCUT2D eigenvalue weighted by Gasteiger charge is 2.38. The van der Waals surface area contributed by atoms with E-state index < -0.39 is 17.4 Å². The molecule has 5 heteroatoms. The van der Waals surface area contributed by atoms with Crippen molar-refractivity contribution in [3.8, 4) is 5.75 Å². The van der Waals surface area contributed by atoms with Crippen molar-refractivity contribution in [1.82, 2.24) is 0 Å². The zero-order valence-corrected chi connectivity index (χ0v) is 15.2. The molecule has 0 radical (unpaired) electrons. The van der Waals surface area contributed by atoms with Gasteiger partial charge < -0.3 is 14.6 Å². The van der Waals surface area contributed by atoms with Crippen LogP contribution in [-0.4, -0.2) is 17.7 Å². The fourth-order valence-electron chi connectivity index (χ4n) is 2.52. The van der Waals surface area contributed by atoms with Gasteiger partial charge in [0.15, 0.2) is 5.60 Å². The van der Waals surface area contributed by atoms with E-state index in [2.05, 4.69) is 0 Å². The molecule has 2 aromatic carbocycles. The second-order valence-electron chi connectivity index (χ2n) is 6.15. The fraction of sp³-hybridized carbons (Fsp3) is 0.381. The standard InChI is InChI=1S/C21H25FO4/c1-3-5-11-25-20(23)21(24,4-2)17-12-18(22)14-19(13-17)26-15-16-9-7-6-8-10-16/h6-10,12-14,24H,3-5,11,15H2,1-2H3. The van der Waals surface area contributed by atoms with E-state index in [0.717, 1.165) is 18.1 Å². The van der Waals surface area contributed by atoms with Gasteiger partial charge in [-0.25, -0.2) is 9.18 Å². The minimum atomic E-state index is -1.90. The summed E-state index contributed by atoms with van der Waals surface area (Å²) in [6.45, 7) is 4.11. The van der Waals surface area contributed by atoms with Gasteiger partial charge in [-0.1, -0.05) is 50.6 Å². The van der Waals surface area contributed by atoms with Crippen LogP contribution in [0.2, 0.25) is 0 Å². The number of halogens is 1. The fourth-order valence-corrected chi connectivity index (χ4v) is 2.52. The molecule has 140 valence electrons. The van der Waals surface area contributed by atoms with Gasteiger partial charge in [0, 0.05) is 11.6 Å². The van der Waals surface area contributed by atoms with Gasteiger partial charge >= 0.3 is 5.97 Å². The first-order valence-electron chi connectivity index (χ1n) is 8.87. The van der Waals surface area contributed by atoms with E-state index in [4.69, 9.17) is 9.47 Å². The Labute approximate surface area is 153 Å². The molecule has 0 saturated heterocycles. The van der Waals surface area contributed by atoms with Crippen molar-refractivity contribution in [3.05, 3.63) is 65.5 Å². The van der Waals surface area contributed by atoms with Crippen molar-refractivity contribution in [1.29, 1.82) is 0 Å². The van der Waals surface area contributed by atoms with Crippen molar-refractivity contribution in [3.63, 3.8) is 0 Å². The molecule has 0 aromatic heterocycles. The summed E-state index contributed by atoms with van der Waals surface area (Å²) in [6.07, 6.45) is 1.65. The minimum absolute atomic E-state index is 0.0690. The first kappa shape index (κ1) is 19.9. The number of carbonyl (C=O) groups is 1. The van der Waals surface area contributed by atoms with Crippen molar-refractivity contribution in [2.75, 3.05) is 6.61 Å². The quantitative estimate of drug-likeness (QED) is 0.534.